The zero-order chi connectivity index (χ0) is 15.4. The van der Waals surface area contributed by atoms with Crippen LogP contribution < -0.4 is 0 Å². The van der Waals surface area contributed by atoms with Crippen molar-refractivity contribution in [2.45, 2.75) is 64.0 Å². The zero-order valence-corrected chi connectivity index (χ0v) is 14.6. The fourth-order valence-electron chi connectivity index (χ4n) is 1.88. The van der Waals surface area contributed by atoms with E-state index in [1.165, 1.54) is 13.2 Å². The largest absolute Gasteiger partial charge is 0.466 e. The Morgan fingerprint density at radius 2 is 2.00 bits per heavy atom. The number of hydrogen-bond donors (Lipinski definition) is 0. The Hall–Kier alpha value is -0.653. The summed E-state index contributed by atoms with van der Waals surface area (Å²) in [5.41, 5.74) is 0. The molecule has 0 N–H and O–H groups in total. The standard InChI is InChI=1S/C15H28O4Si/c1-15(2,3)20(5,6)19-13-8-7-11-18-12(13)9-10-14(16)17-4/h9-10,12-13H,7-8,11H2,1-6H3/b10-9+/t12-,13+/m1/s1. The maximum absolute atomic E-state index is 11.2. The first-order valence-corrected chi connectivity index (χ1v) is 10.1. The van der Waals surface area contributed by atoms with E-state index in [9.17, 15) is 4.79 Å². The Bertz CT molecular complexity index is 357. The molecule has 0 aromatic rings. The molecule has 1 aliphatic heterocycles. The third-order valence-electron chi connectivity index (χ3n) is 4.19. The normalized spacial score (nSPS) is 24.9. The number of carbonyl (C=O) groups is 1. The lowest BCUT2D eigenvalue weighted by Gasteiger charge is -2.42. The summed E-state index contributed by atoms with van der Waals surface area (Å²) < 4.78 is 16.8. The number of rotatable bonds is 4. The lowest BCUT2D eigenvalue weighted by Crippen LogP contribution is -2.48. The summed E-state index contributed by atoms with van der Waals surface area (Å²) in [6.07, 6.45) is 5.05. The molecule has 0 bridgehead atoms. The van der Waals surface area contributed by atoms with E-state index in [0.717, 1.165) is 12.8 Å². The molecule has 1 heterocycles. The molecule has 4 nitrogen and oxygen atoms in total. The first-order valence-electron chi connectivity index (χ1n) is 7.23. The van der Waals surface area contributed by atoms with E-state index in [0.29, 0.717) is 6.61 Å². The van der Waals surface area contributed by atoms with Gasteiger partial charge >= 0.3 is 5.97 Å². The van der Waals surface area contributed by atoms with E-state index >= 15 is 0 Å². The van der Waals surface area contributed by atoms with Crippen molar-refractivity contribution in [3.05, 3.63) is 12.2 Å². The van der Waals surface area contributed by atoms with E-state index in [2.05, 4.69) is 38.6 Å². The van der Waals surface area contributed by atoms with Crippen molar-refractivity contribution < 1.29 is 18.7 Å². The van der Waals surface area contributed by atoms with Gasteiger partial charge in [-0.1, -0.05) is 20.8 Å². The molecule has 116 valence electrons. The summed E-state index contributed by atoms with van der Waals surface area (Å²) in [5.74, 6) is -0.356. The predicted molar refractivity (Wildman–Crippen MR) is 82.2 cm³/mol. The third kappa shape index (κ3) is 4.72. The van der Waals surface area contributed by atoms with E-state index in [4.69, 9.17) is 9.16 Å². The number of ether oxygens (including phenoxy) is 2. The van der Waals surface area contributed by atoms with Gasteiger partial charge in [0.05, 0.1) is 13.2 Å². The Balaban J connectivity index is 2.75. The minimum atomic E-state index is -1.83. The third-order valence-corrected chi connectivity index (χ3v) is 8.69. The minimum absolute atomic E-state index is 0.0329. The molecule has 0 radical (unpaired) electrons. The van der Waals surface area contributed by atoms with E-state index in [1.807, 2.05) is 0 Å². The second-order valence-electron chi connectivity index (χ2n) is 6.78. The molecular formula is C15H28O4Si. The van der Waals surface area contributed by atoms with Gasteiger partial charge in [-0.15, -0.1) is 0 Å². The van der Waals surface area contributed by atoms with Crippen LogP contribution in [0.1, 0.15) is 33.6 Å². The number of carbonyl (C=O) groups excluding carboxylic acids is 1. The van der Waals surface area contributed by atoms with Crippen molar-refractivity contribution in [3.8, 4) is 0 Å². The summed E-state index contributed by atoms with van der Waals surface area (Å²) in [5, 5.41) is 0.168. The molecule has 20 heavy (non-hydrogen) atoms. The van der Waals surface area contributed by atoms with Crippen molar-refractivity contribution in [1.29, 1.82) is 0 Å². The van der Waals surface area contributed by atoms with Gasteiger partial charge in [-0.05, 0) is 37.0 Å². The smallest absolute Gasteiger partial charge is 0.330 e. The Morgan fingerprint density at radius 1 is 1.35 bits per heavy atom. The Kier molecular flexibility index (Phi) is 5.98. The van der Waals surface area contributed by atoms with Gasteiger partial charge in [0, 0.05) is 12.7 Å². The van der Waals surface area contributed by atoms with Gasteiger partial charge in [0.25, 0.3) is 0 Å². The van der Waals surface area contributed by atoms with Crippen LogP contribution in [-0.2, 0) is 18.7 Å². The summed E-state index contributed by atoms with van der Waals surface area (Å²) in [4.78, 5) is 11.2. The van der Waals surface area contributed by atoms with Gasteiger partial charge in [-0.2, -0.15) is 0 Å². The molecule has 1 aliphatic rings. The van der Waals surface area contributed by atoms with Crippen molar-refractivity contribution in [2.75, 3.05) is 13.7 Å². The molecule has 0 unspecified atom stereocenters. The van der Waals surface area contributed by atoms with Crippen LogP contribution in [0.4, 0.5) is 0 Å². The highest BCUT2D eigenvalue weighted by atomic mass is 28.4. The summed E-state index contributed by atoms with van der Waals surface area (Å²) in [7, 11) is -0.456. The molecule has 0 aliphatic carbocycles. The van der Waals surface area contributed by atoms with Gasteiger partial charge < -0.3 is 13.9 Å². The van der Waals surface area contributed by atoms with Crippen molar-refractivity contribution >= 4 is 14.3 Å². The highest BCUT2D eigenvalue weighted by Crippen LogP contribution is 2.38. The average molecular weight is 300 g/mol. The maximum Gasteiger partial charge on any atom is 0.330 e. The number of esters is 1. The van der Waals surface area contributed by atoms with Crippen LogP contribution in [0.3, 0.4) is 0 Å². The van der Waals surface area contributed by atoms with Crippen LogP contribution >= 0.6 is 0 Å². The first-order chi connectivity index (χ1) is 9.17. The SMILES string of the molecule is COC(=O)/C=C/[C@H]1OCCC[C@@H]1O[Si](C)(C)C(C)(C)C. The first kappa shape index (κ1) is 17.4. The maximum atomic E-state index is 11.2. The molecule has 0 spiro atoms. The van der Waals surface area contributed by atoms with Gasteiger partial charge in [-0.25, -0.2) is 4.79 Å². The zero-order valence-electron chi connectivity index (χ0n) is 13.6. The van der Waals surface area contributed by atoms with Crippen molar-refractivity contribution in [3.63, 3.8) is 0 Å². The van der Waals surface area contributed by atoms with Gasteiger partial charge in [0.2, 0.25) is 0 Å². The highest BCUT2D eigenvalue weighted by molar-refractivity contribution is 6.74. The van der Waals surface area contributed by atoms with Gasteiger partial charge in [0.1, 0.15) is 6.10 Å². The molecule has 2 atom stereocenters. The minimum Gasteiger partial charge on any atom is -0.466 e. The van der Waals surface area contributed by atoms with E-state index < -0.39 is 8.32 Å². The van der Waals surface area contributed by atoms with Crippen LogP contribution in [0.5, 0.6) is 0 Å². The Morgan fingerprint density at radius 3 is 2.55 bits per heavy atom. The van der Waals surface area contributed by atoms with Gasteiger partial charge in [-0.3, -0.25) is 0 Å². The van der Waals surface area contributed by atoms with Crippen LogP contribution in [0.25, 0.3) is 0 Å². The molecule has 0 saturated carbocycles. The van der Waals surface area contributed by atoms with Crippen LogP contribution in [0, 0.1) is 0 Å². The summed E-state index contributed by atoms with van der Waals surface area (Å²) in [6.45, 7) is 11.9. The lowest BCUT2D eigenvalue weighted by atomic mass is 10.1. The summed E-state index contributed by atoms with van der Waals surface area (Å²) >= 11 is 0. The number of methoxy groups -OCH3 is 1. The van der Waals surface area contributed by atoms with E-state index in [-0.39, 0.29) is 23.2 Å². The monoisotopic (exact) mass is 300 g/mol. The van der Waals surface area contributed by atoms with Crippen LogP contribution in [0.2, 0.25) is 18.1 Å². The molecule has 0 aromatic heterocycles. The molecular weight excluding hydrogens is 272 g/mol. The topological polar surface area (TPSA) is 44.8 Å². The molecule has 1 fully saturated rings. The fourth-order valence-corrected chi connectivity index (χ4v) is 3.24. The van der Waals surface area contributed by atoms with Crippen LogP contribution in [0.15, 0.2) is 12.2 Å². The van der Waals surface area contributed by atoms with Crippen molar-refractivity contribution in [2.24, 2.45) is 0 Å². The van der Waals surface area contributed by atoms with E-state index in [1.54, 1.807) is 6.08 Å². The highest BCUT2D eigenvalue weighted by Gasteiger charge is 2.41. The molecule has 0 amide bonds. The van der Waals surface area contributed by atoms with Crippen molar-refractivity contribution in [1.82, 2.24) is 0 Å². The Labute approximate surface area is 123 Å². The fraction of sp³-hybridized carbons (Fsp3) is 0.800. The number of hydrogen-bond acceptors (Lipinski definition) is 4. The molecule has 5 heteroatoms. The molecule has 1 saturated heterocycles. The molecule has 0 aromatic carbocycles. The predicted octanol–water partition coefficient (Wildman–Crippen LogP) is 3.29. The van der Waals surface area contributed by atoms with Crippen LogP contribution in [-0.4, -0.2) is 40.2 Å². The summed E-state index contributed by atoms with van der Waals surface area (Å²) in [6, 6.07) is 0. The average Bonchev–Trinajstić information content (AvgIpc) is 2.35. The second-order valence-corrected chi connectivity index (χ2v) is 11.5. The van der Waals surface area contributed by atoms with Gasteiger partial charge in [0.15, 0.2) is 8.32 Å². The second kappa shape index (κ2) is 6.87. The lowest BCUT2D eigenvalue weighted by molar-refractivity contribution is -0.135. The molecule has 1 rings (SSSR count). The quantitative estimate of drug-likeness (QED) is 0.454.